The summed E-state index contributed by atoms with van der Waals surface area (Å²) < 4.78 is 2.49. The minimum absolute atomic E-state index is 0.890. The van der Waals surface area contributed by atoms with E-state index in [1.807, 2.05) is 82.3 Å². The molecule has 0 saturated carbocycles. The molecule has 3 heteroatoms. The van der Waals surface area contributed by atoms with E-state index in [1.54, 1.807) is 0 Å². The van der Waals surface area contributed by atoms with Gasteiger partial charge in [0.1, 0.15) is 0 Å². The Morgan fingerprint density at radius 1 is 0.244 bits per heavy atom. The van der Waals surface area contributed by atoms with Crippen molar-refractivity contribution in [3.63, 3.8) is 0 Å². The molecule has 1 nitrogen and oxygen atoms in total. The molecule has 12 rings (SSSR count). The van der Waals surface area contributed by atoms with Crippen molar-refractivity contribution in [1.82, 2.24) is 4.57 Å². The predicted molar refractivity (Wildman–Crippen MR) is 341 cm³/mol. The first-order valence-electron chi connectivity index (χ1n) is 27.5. The molecule has 12 aromatic rings. The summed E-state index contributed by atoms with van der Waals surface area (Å²) in [6.45, 7) is 17.4. The van der Waals surface area contributed by atoms with Gasteiger partial charge in [0, 0.05) is 67.5 Å². The Balaban J connectivity index is 0.000000290. The molecule has 78 heavy (non-hydrogen) atoms. The van der Waals surface area contributed by atoms with E-state index in [2.05, 4.69) is 287 Å². The number of hydrogen-bond acceptors (Lipinski definition) is 0. The zero-order valence-corrected chi connectivity index (χ0v) is 48.5. The van der Waals surface area contributed by atoms with Crippen LogP contribution in [0.25, 0.3) is 21.8 Å². The lowest BCUT2D eigenvalue weighted by Crippen LogP contribution is -2.05. The molecule has 0 amide bonds. The first-order chi connectivity index (χ1) is 38.4. The highest BCUT2D eigenvalue weighted by molar-refractivity contribution is 8.34. The Bertz CT molecular complexity index is 3100. The standard InChI is InChI=1S/C50H41NS2.3C7H8.2C2H6/c1-2-51-49-35-33-45(52(39-21-9-3-10-22-39,40-23-11-4-12-24-40)41-25-13-5-14-26-41)37-47(49)48-38-46(34-36-50(48)51)53(42-27-15-6-16-28-42,43-29-17-7-18-30-43)44-31-19-8-20-32-44;3*1-7-5-3-2-4-6-7;2*1-2/h3-38H,2H2,1H3;3*2-6H,1H3;2*1-2H3. The molecule has 1 aromatic heterocycles. The highest BCUT2D eigenvalue weighted by Crippen LogP contribution is 2.75. The summed E-state index contributed by atoms with van der Waals surface area (Å²) >= 11 is 0. The van der Waals surface area contributed by atoms with Crippen molar-refractivity contribution in [2.24, 2.45) is 0 Å². The minimum Gasteiger partial charge on any atom is -0.341 e. The molecule has 0 spiro atoms. The third-order valence-corrected chi connectivity index (χ3v) is 21.0. The van der Waals surface area contributed by atoms with Crippen molar-refractivity contribution in [1.29, 1.82) is 0 Å². The molecule has 0 aliphatic rings. The SMILES string of the molecule is CC.CC.CCn1c2ccc(S(c3ccccc3)(c3ccccc3)c3ccccc3)cc2c2cc(S(c3ccccc3)(c3ccccc3)c3ccccc3)ccc21.Cc1ccccc1.Cc1ccccc1.Cc1ccccc1. The number of nitrogens with zero attached hydrogens (tertiary/aromatic N) is 1. The van der Waals surface area contributed by atoms with Gasteiger partial charge in [0.2, 0.25) is 0 Å². The first-order valence-corrected chi connectivity index (χ1v) is 30.8. The predicted octanol–water partition coefficient (Wildman–Crippen LogP) is 22.5. The molecule has 0 radical (unpaired) electrons. The highest BCUT2D eigenvalue weighted by Gasteiger charge is 2.36. The van der Waals surface area contributed by atoms with Crippen LogP contribution in [-0.2, 0) is 6.54 Å². The molecule has 0 unspecified atom stereocenters. The van der Waals surface area contributed by atoms with Crippen LogP contribution in [0.2, 0.25) is 0 Å². The fourth-order valence-corrected chi connectivity index (χ4v) is 17.6. The van der Waals surface area contributed by atoms with E-state index in [0.29, 0.717) is 0 Å². The molecular formula is C75H77NS2. The van der Waals surface area contributed by atoms with Gasteiger partial charge in [-0.1, -0.05) is 245 Å². The number of hydrogen-bond donors (Lipinski definition) is 0. The van der Waals surface area contributed by atoms with E-state index in [0.717, 1.165) is 6.54 Å². The summed E-state index contributed by atoms with van der Waals surface area (Å²) in [7, 11) is -3.68. The van der Waals surface area contributed by atoms with Gasteiger partial charge in [0.25, 0.3) is 0 Å². The van der Waals surface area contributed by atoms with Gasteiger partial charge in [-0.05, 0) is 137 Å². The summed E-state index contributed by atoms with van der Waals surface area (Å²) in [4.78, 5) is 10.7. The second kappa shape index (κ2) is 29.4. The molecule has 11 aromatic carbocycles. The molecular weight excluding hydrogens is 979 g/mol. The van der Waals surface area contributed by atoms with Crippen LogP contribution in [0.4, 0.5) is 0 Å². The Morgan fingerprint density at radius 2 is 0.436 bits per heavy atom. The van der Waals surface area contributed by atoms with E-state index < -0.39 is 20.1 Å². The minimum atomic E-state index is -1.84. The van der Waals surface area contributed by atoms with Gasteiger partial charge in [-0.25, -0.2) is 0 Å². The van der Waals surface area contributed by atoms with E-state index in [-0.39, 0.29) is 0 Å². The van der Waals surface area contributed by atoms with Crippen LogP contribution in [-0.4, -0.2) is 4.57 Å². The Labute approximate surface area is 470 Å². The summed E-state index contributed by atoms with van der Waals surface area (Å²) in [6.07, 6.45) is 0. The molecule has 0 fully saturated rings. The number of fused-ring (bicyclic) bond motifs is 3. The van der Waals surface area contributed by atoms with Crippen LogP contribution in [0.15, 0.2) is 349 Å². The summed E-state index contributed by atoms with van der Waals surface area (Å²) in [5.41, 5.74) is 6.50. The molecule has 394 valence electrons. The van der Waals surface area contributed by atoms with Crippen molar-refractivity contribution >= 4 is 41.9 Å². The molecule has 0 N–H and O–H groups in total. The third-order valence-electron chi connectivity index (χ3n) is 13.2. The Kier molecular flexibility index (Phi) is 21.7. The van der Waals surface area contributed by atoms with E-state index >= 15 is 0 Å². The number of aryl methyl sites for hydroxylation is 4. The van der Waals surface area contributed by atoms with Gasteiger partial charge < -0.3 is 4.57 Å². The third kappa shape index (κ3) is 13.2. The lowest BCUT2D eigenvalue weighted by Gasteiger charge is -2.42. The molecule has 1 heterocycles. The van der Waals surface area contributed by atoms with Gasteiger partial charge in [0.05, 0.1) is 0 Å². The molecule has 0 atom stereocenters. The van der Waals surface area contributed by atoms with Crippen LogP contribution in [0.5, 0.6) is 0 Å². The lowest BCUT2D eigenvalue weighted by molar-refractivity contribution is 0.826. The average Bonchev–Trinajstić information content (AvgIpc) is 4.04. The number of benzene rings is 11. The van der Waals surface area contributed by atoms with Gasteiger partial charge >= 0.3 is 0 Å². The number of rotatable bonds is 9. The zero-order chi connectivity index (χ0) is 55.0. The van der Waals surface area contributed by atoms with Crippen LogP contribution in [0.3, 0.4) is 0 Å². The topological polar surface area (TPSA) is 4.93 Å². The van der Waals surface area contributed by atoms with Crippen molar-refractivity contribution in [3.05, 3.63) is 326 Å². The Hall–Kier alpha value is -8.08. The maximum absolute atomic E-state index is 2.53. The molecule has 0 aliphatic heterocycles. The van der Waals surface area contributed by atoms with Gasteiger partial charge in [-0.2, -0.15) is 0 Å². The van der Waals surface area contributed by atoms with E-state index in [1.165, 1.54) is 77.7 Å². The molecule has 0 bridgehead atoms. The molecule has 0 aliphatic carbocycles. The fourth-order valence-electron chi connectivity index (χ4n) is 9.77. The zero-order valence-electron chi connectivity index (χ0n) is 46.9. The Morgan fingerprint density at radius 3 is 0.603 bits per heavy atom. The highest BCUT2D eigenvalue weighted by atomic mass is 32.3. The van der Waals surface area contributed by atoms with Crippen molar-refractivity contribution < 1.29 is 0 Å². The van der Waals surface area contributed by atoms with Crippen LogP contribution in [0, 0.1) is 20.8 Å². The fraction of sp³-hybridized carbons (Fsp3) is 0.120. The van der Waals surface area contributed by atoms with Gasteiger partial charge in [0.15, 0.2) is 0 Å². The maximum atomic E-state index is 2.53. The average molecular weight is 1060 g/mol. The van der Waals surface area contributed by atoms with Gasteiger partial charge in [-0.15, -0.1) is 20.1 Å². The summed E-state index contributed by atoms with van der Waals surface area (Å²) in [5.74, 6) is 0. The lowest BCUT2D eigenvalue weighted by atomic mass is 10.1. The van der Waals surface area contributed by atoms with Crippen molar-refractivity contribution in [3.8, 4) is 0 Å². The summed E-state index contributed by atoms with van der Waals surface area (Å²) in [5, 5.41) is 2.59. The van der Waals surface area contributed by atoms with Gasteiger partial charge in [-0.3, -0.25) is 0 Å². The second-order valence-corrected chi connectivity index (χ2v) is 24.4. The first kappa shape index (κ1) is 57.6. The largest absolute Gasteiger partial charge is 0.341 e. The monoisotopic (exact) mass is 1060 g/mol. The molecule has 0 saturated heterocycles. The van der Waals surface area contributed by atoms with Crippen molar-refractivity contribution in [2.45, 2.75) is 101 Å². The maximum Gasteiger partial charge on any atom is 0.0492 e. The van der Waals surface area contributed by atoms with Crippen molar-refractivity contribution in [2.75, 3.05) is 0 Å². The normalized spacial score (nSPS) is 11.0. The van der Waals surface area contributed by atoms with Crippen LogP contribution >= 0.6 is 20.1 Å². The smallest absolute Gasteiger partial charge is 0.0492 e. The summed E-state index contributed by atoms with van der Waals surface area (Å²) in [6, 6.07) is 112. The van der Waals surface area contributed by atoms with Crippen LogP contribution < -0.4 is 0 Å². The van der Waals surface area contributed by atoms with E-state index in [4.69, 9.17) is 0 Å². The van der Waals surface area contributed by atoms with Crippen LogP contribution in [0.1, 0.15) is 51.3 Å². The quantitative estimate of drug-likeness (QED) is 0.136. The number of aromatic nitrogens is 1. The van der Waals surface area contributed by atoms with E-state index in [9.17, 15) is 0 Å². The second-order valence-electron chi connectivity index (χ2n) is 18.2.